The van der Waals surface area contributed by atoms with E-state index in [1.165, 1.54) is 24.0 Å². The van der Waals surface area contributed by atoms with Crippen LogP contribution in [0.5, 0.6) is 5.75 Å². The van der Waals surface area contributed by atoms with E-state index in [0.29, 0.717) is 0 Å². The number of hydrogen-bond acceptors (Lipinski definition) is 7. The molecule has 0 radical (unpaired) electrons. The molecule has 0 spiro atoms. The zero-order valence-electron chi connectivity index (χ0n) is 11.0. The highest BCUT2D eigenvalue weighted by Gasteiger charge is 2.19. The van der Waals surface area contributed by atoms with Gasteiger partial charge in [0.1, 0.15) is 10.6 Å². The van der Waals surface area contributed by atoms with Crippen LogP contribution in [-0.4, -0.2) is 37.1 Å². The van der Waals surface area contributed by atoms with Gasteiger partial charge in [-0.05, 0) is 18.2 Å². The van der Waals surface area contributed by atoms with Gasteiger partial charge >= 0.3 is 16.3 Å². The summed E-state index contributed by atoms with van der Waals surface area (Å²) in [6, 6.07) is 3.38. The Morgan fingerprint density at radius 2 is 1.81 bits per heavy atom. The highest BCUT2D eigenvalue weighted by atomic mass is 32.2. The minimum atomic E-state index is -4.28. The average Bonchev–Trinajstić information content (AvgIpc) is 2.36. The van der Waals surface area contributed by atoms with Gasteiger partial charge in [0.2, 0.25) is 10.0 Å². The molecule has 1 amide bonds. The molecular weight excluding hydrogens is 326 g/mol. The van der Waals surface area contributed by atoms with Crippen LogP contribution in [-0.2, 0) is 25.0 Å². The number of nitrogens with one attached hydrogen (secondary N) is 2. The minimum Gasteiger partial charge on any atom is -0.495 e. The molecule has 0 aliphatic carbocycles. The zero-order valence-corrected chi connectivity index (χ0v) is 12.6. The van der Waals surface area contributed by atoms with Gasteiger partial charge in [-0.2, -0.15) is 8.42 Å². The van der Waals surface area contributed by atoms with Crippen LogP contribution in [0.3, 0.4) is 0 Å². The third kappa shape index (κ3) is 4.77. The molecule has 0 heterocycles. The highest BCUT2D eigenvalue weighted by Crippen LogP contribution is 2.26. The molecular formula is C9H13N3O7S2. The molecule has 0 saturated carbocycles. The number of rotatable bonds is 5. The van der Waals surface area contributed by atoms with Gasteiger partial charge in [-0.15, -0.1) is 0 Å². The van der Waals surface area contributed by atoms with Crippen LogP contribution in [0, 0.1) is 0 Å². The number of primary sulfonamides is 1. The number of benzene rings is 1. The summed E-state index contributed by atoms with van der Waals surface area (Å²) in [6.45, 7) is 0. The highest BCUT2D eigenvalue weighted by molar-refractivity contribution is 7.91. The van der Waals surface area contributed by atoms with Crippen LogP contribution < -0.4 is 19.3 Å². The number of nitrogens with two attached hydrogens (primary N) is 1. The van der Waals surface area contributed by atoms with Gasteiger partial charge < -0.3 is 9.47 Å². The fourth-order valence-corrected chi connectivity index (χ4v) is 2.81. The van der Waals surface area contributed by atoms with E-state index < -0.39 is 31.2 Å². The minimum absolute atomic E-state index is 0.0543. The lowest BCUT2D eigenvalue weighted by atomic mass is 10.3. The van der Waals surface area contributed by atoms with Crippen LogP contribution in [0.1, 0.15) is 0 Å². The van der Waals surface area contributed by atoms with E-state index >= 15 is 0 Å². The van der Waals surface area contributed by atoms with E-state index in [2.05, 4.69) is 4.74 Å². The van der Waals surface area contributed by atoms with Crippen molar-refractivity contribution in [2.75, 3.05) is 18.9 Å². The summed E-state index contributed by atoms with van der Waals surface area (Å²) in [7, 11) is -6.19. The standard InChI is InChI=1S/C9H13N3O7S2/c1-18-7-4-3-6(5-8(7)20(10,14)15)11-21(16,17)12-9(13)19-2/h3-5,11H,1-2H3,(H,12,13)(H2,10,14,15). The number of carbonyl (C=O) groups excluding carboxylic acids is 1. The summed E-state index contributed by atoms with van der Waals surface area (Å²) in [5.74, 6) is -0.0543. The molecule has 118 valence electrons. The quantitative estimate of drug-likeness (QED) is 0.644. The molecule has 0 atom stereocenters. The lowest BCUT2D eigenvalue weighted by Crippen LogP contribution is -2.35. The Hall–Kier alpha value is -2.05. The Kier molecular flexibility index (Phi) is 4.98. The number of carbonyl (C=O) groups is 1. The van der Waals surface area contributed by atoms with Gasteiger partial charge in [-0.1, -0.05) is 0 Å². The van der Waals surface area contributed by atoms with Crippen molar-refractivity contribution in [1.82, 2.24) is 4.72 Å². The molecule has 0 bridgehead atoms. The fourth-order valence-electron chi connectivity index (χ4n) is 1.29. The van der Waals surface area contributed by atoms with Gasteiger partial charge in [0.15, 0.2) is 0 Å². The molecule has 21 heavy (non-hydrogen) atoms. The van der Waals surface area contributed by atoms with Crippen LogP contribution in [0.4, 0.5) is 10.5 Å². The number of amides is 1. The van der Waals surface area contributed by atoms with E-state index in [4.69, 9.17) is 9.88 Å². The number of ether oxygens (including phenoxy) is 2. The van der Waals surface area contributed by atoms with E-state index in [1.807, 2.05) is 4.72 Å². The molecule has 4 N–H and O–H groups in total. The average molecular weight is 339 g/mol. The second-order valence-corrected chi connectivity index (χ2v) is 6.55. The van der Waals surface area contributed by atoms with Gasteiger partial charge in [0.25, 0.3) is 0 Å². The van der Waals surface area contributed by atoms with Crippen LogP contribution in [0.15, 0.2) is 23.1 Å². The zero-order chi connectivity index (χ0) is 16.3. The Balaban J connectivity index is 3.14. The van der Waals surface area contributed by atoms with Gasteiger partial charge in [-0.3, -0.25) is 4.72 Å². The number of sulfonamides is 1. The summed E-state index contributed by atoms with van der Waals surface area (Å²) in [5, 5.41) is 4.99. The SMILES string of the molecule is COC(=O)NS(=O)(=O)Nc1ccc(OC)c(S(N)(=O)=O)c1. The first-order valence-corrected chi connectivity index (χ1v) is 8.21. The fraction of sp³-hybridized carbons (Fsp3) is 0.222. The van der Waals surface area contributed by atoms with Crippen molar-refractivity contribution in [3.63, 3.8) is 0 Å². The predicted octanol–water partition coefficient (Wildman–Crippen LogP) is -0.645. The van der Waals surface area contributed by atoms with Crippen molar-refractivity contribution >= 4 is 32.0 Å². The lowest BCUT2D eigenvalue weighted by Gasteiger charge is -2.11. The maximum atomic E-state index is 11.5. The second kappa shape index (κ2) is 6.15. The predicted molar refractivity (Wildman–Crippen MR) is 72.5 cm³/mol. The van der Waals surface area contributed by atoms with Crippen LogP contribution in [0.25, 0.3) is 0 Å². The van der Waals surface area contributed by atoms with Gasteiger partial charge in [-0.25, -0.2) is 23.1 Å². The van der Waals surface area contributed by atoms with Gasteiger partial charge in [0, 0.05) is 0 Å². The Morgan fingerprint density at radius 3 is 2.29 bits per heavy atom. The molecule has 0 aliphatic rings. The summed E-state index contributed by atoms with van der Waals surface area (Å²) >= 11 is 0. The maximum absolute atomic E-state index is 11.5. The van der Waals surface area contributed by atoms with E-state index in [1.54, 1.807) is 0 Å². The smallest absolute Gasteiger partial charge is 0.422 e. The lowest BCUT2D eigenvalue weighted by molar-refractivity contribution is 0.177. The molecule has 1 rings (SSSR count). The third-order valence-corrected chi connectivity index (χ3v) is 4.00. The van der Waals surface area contributed by atoms with Crippen LogP contribution in [0.2, 0.25) is 0 Å². The molecule has 0 unspecified atom stereocenters. The summed E-state index contributed by atoms with van der Waals surface area (Å²) in [5.41, 5.74) is -0.142. The monoisotopic (exact) mass is 339 g/mol. The van der Waals surface area contributed by atoms with E-state index in [9.17, 15) is 21.6 Å². The summed E-state index contributed by atoms with van der Waals surface area (Å²) in [6.07, 6.45) is -1.21. The van der Waals surface area contributed by atoms with Crippen molar-refractivity contribution in [2.45, 2.75) is 4.90 Å². The first kappa shape index (κ1) is 17.0. The Bertz CT molecular complexity index is 743. The topological polar surface area (TPSA) is 154 Å². The molecule has 1 aromatic carbocycles. The van der Waals surface area contributed by atoms with Crippen molar-refractivity contribution in [1.29, 1.82) is 0 Å². The van der Waals surface area contributed by atoms with Crippen molar-refractivity contribution in [2.24, 2.45) is 5.14 Å². The first-order valence-electron chi connectivity index (χ1n) is 5.18. The number of methoxy groups -OCH3 is 2. The first-order chi connectivity index (χ1) is 9.59. The van der Waals surface area contributed by atoms with Crippen molar-refractivity contribution < 1.29 is 31.1 Å². The molecule has 0 aliphatic heterocycles. The molecule has 0 saturated heterocycles. The maximum Gasteiger partial charge on any atom is 0.422 e. The van der Waals surface area contributed by atoms with Crippen molar-refractivity contribution in [3.05, 3.63) is 18.2 Å². The Labute approximate surface area is 121 Å². The Morgan fingerprint density at radius 1 is 1.19 bits per heavy atom. The second-order valence-electron chi connectivity index (χ2n) is 3.61. The van der Waals surface area contributed by atoms with E-state index in [-0.39, 0.29) is 11.4 Å². The normalized spacial score (nSPS) is 11.6. The number of anilines is 1. The molecule has 0 fully saturated rings. The molecule has 12 heteroatoms. The summed E-state index contributed by atoms with van der Waals surface area (Å²) in [4.78, 5) is 10.4. The molecule has 1 aromatic rings. The summed E-state index contributed by atoms with van der Waals surface area (Å²) < 4.78 is 58.3. The largest absolute Gasteiger partial charge is 0.495 e. The third-order valence-electron chi connectivity index (χ3n) is 2.13. The molecule has 10 nitrogen and oxygen atoms in total. The van der Waals surface area contributed by atoms with Crippen LogP contribution >= 0.6 is 0 Å². The van der Waals surface area contributed by atoms with Gasteiger partial charge in [0.05, 0.1) is 19.9 Å². The van der Waals surface area contributed by atoms with Crippen molar-refractivity contribution in [3.8, 4) is 5.75 Å². The number of hydrogen-bond donors (Lipinski definition) is 3. The van der Waals surface area contributed by atoms with E-state index in [0.717, 1.165) is 13.2 Å². The molecule has 0 aromatic heterocycles.